The fourth-order valence-corrected chi connectivity index (χ4v) is 8.63. The zero-order valence-electron chi connectivity index (χ0n) is 42.3. The highest BCUT2D eigenvalue weighted by Crippen LogP contribution is 2.16. The van der Waals surface area contributed by atoms with E-state index in [1.54, 1.807) is 6.08 Å². The van der Waals surface area contributed by atoms with Crippen LogP contribution in [0.4, 0.5) is 0 Å². The highest BCUT2D eigenvalue weighted by Gasteiger charge is 2.18. The summed E-state index contributed by atoms with van der Waals surface area (Å²) in [5.74, 6) is -0.0759. The predicted molar refractivity (Wildman–Crippen MR) is 273 cm³/mol. The van der Waals surface area contributed by atoms with Crippen molar-refractivity contribution < 1.29 is 24.5 Å². The standard InChI is InChI=1S/C57H109NO5/c1-3-5-7-9-11-13-15-17-18-19-23-27-31-35-39-43-47-51-57(62)63-52-48-44-40-36-32-28-24-21-20-22-26-30-34-38-42-46-50-56(61)58-54(53-59)55(60)49-45-41-37-33-29-25-16-14-12-10-8-6-4-2/h17-18,45,49,54-55,59-60H,3-16,19-44,46-48,50-53H2,1-2H3,(H,58,61)/b18-17-,49-45+. The lowest BCUT2D eigenvalue weighted by Crippen LogP contribution is -2.45. The quantitative estimate of drug-likeness (QED) is 0.0321. The van der Waals surface area contributed by atoms with E-state index in [0.717, 1.165) is 44.9 Å². The molecule has 2 atom stereocenters. The highest BCUT2D eigenvalue weighted by molar-refractivity contribution is 5.76. The fourth-order valence-electron chi connectivity index (χ4n) is 8.63. The molecule has 0 aliphatic heterocycles. The van der Waals surface area contributed by atoms with E-state index in [1.807, 2.05) is 6.08 Å². The Morgan fingerprint density at radius 2 is 0.746 bits per heavy atom. The second-order valence-electron chi connectivity index (χ2n) is 19.3. The first kappa shape index (κ1) is 61.3. The maximum atomic E-state index is 12.4. The van der Waals surface area contributed by atoms with Crippen molar-refractivity contribution in [2.75, 3.05) is 13.2 Å². The molecule has 6 heteroatoms. The number of carbonyl (C=O) groups excluding carboxylic acids is 2. The van der Waals surface area contributed by atoms with Gasteiger partial charge in [-0.25, -0.2) is 0 Å². The van der Waals surface area contributed by atoms with Gasteiger partial charge in [0.05, 0.1) is 25.4 Å². The molecular formula is C57H109NO5. The van der Waals surface area contributed by atoms with E-state index < -0.39 is 12.1 Å². The SMILES string of the molecule is CCCCCCCC/C=C\CCCCCCCCCC(=O)OCCCCCCCCCCCCCCCCCCC(=O)NC(CO)C(O)/C=C/CCCCCCCCCCCCC. The minimum atomic E-state index is -0.848. The van der Waals surface area contributed by atoms with Gasteiger partial charge in [-0.2, -0.15) is 0 Å². The summed E-state index contributed by atoms with van der Waals surface area (Å²) >= 11 is 0. The van der Waals surface area contributed by atoms with Crippen molar-refractivity contribution in [2.45, 2.75) is 315 Å². The Labute approximate surface area is 392 Å². The van der Waals surface area contributed by atoms with Crippen LogP contribution >= 0.6 is 0 Å². The lowest BCUT2D eigenvalue weighted by atomic mass is 10.0. The third kappa shape index (κ3) is 49.6. The van der Waals surface area contributed by atoms with Crippen LogP contribution in [0.1, 0.15) is 303 Å². The molecule has 0 saturated heterocycles. The molecular weight excluding hydrogens is 779 g/mol. The first-order valence-electron chi connectivity index (χ1n) is 28.1. The number of hydrogen-bond acceptors (Lipinski definition) is 5. The Morgan fingerprint density at radius 3 is 1.13 bits per heavy atom. The van der Waals surface area contributed by atoms with Crippen molar-refractivity contribution in [3.05, 3.63) is 24.3 Å². The molecule has 0 radical (unpaired) electrons. The normalized spacial score (nSPS) is 12.8. The smallest absolute Gasteiger partial charge is 0.305 e. The average Bonchev–Trinajstić information content (AvgIpc) is 3.28. The number of allylic oxidation sites excluding steroid dienone is 3. The Kier molecular flexibility index (Phi) is 51.6. The maximum Gasteiger partial charge on any atom is 0.305 e. The molecule has 3 N–H and O–H groups in total. The van der Waals surface area contributed by atoms with Gasteiger partial charge in [0.2, 0.25) is 5.91 Å². The minimum Gasteiger partial charge on any atom is -0.466 e. The van der Waals surface area contributed by atoms with Crippen molar-refractivity contribution in [2.24, 2.45) is 0 Å². The Hall–Kier alpha value is -1.66. The maximum absolute atomic E-state index is 12.4. The summed E-state index contributed by atoms with van der Waals surface area (Å²) < 4.78 is 5.48. The molecule has 2 unspecified atom stereocenters. The molecule has 0 aliphatic rings. The number of nitrogens with one attached hydrogen (secondary N) is 1. The van der Waals surface area contributed by atoms with Crippen LogP contribution in [0.3, 0.4) is 0 Å². The molecule has 0 bridgehead atoms. The average molecular weight is 889 g/mol. The monoisotopic (exact) mass is 888 g/mol. The minimum absolute atomic E-state index is 0.00120. The van der Waals surface area contributed by atoms with Crippen LogP contribution in [0, 0.1) is 0 Å². The number of unbranched alkanes of at least 4 members (excludes halogenated alkanes) is 39. The largest absolute Gasteiger partial charge is 0.466 e. The molecule has 0 spiro atoms. The van der Waals surface area contributed by atoms with E-state index in [4.69, 9.17) is 4.74 Å². The number of ether oxygens (including phenoxy) is 1. The number of rotatable bonds is 52. The lowest BCUT2D eigenvalue weighted by Gasteiger charge is -2.20. The van der Waals surface area contributed by atoms with Gasteiger partial charge >= 0.3 is 5.97 Å². The molecule has 6 nitrogen and oxygen atoms in total. The van der Waals surface area contributed by atoms with Crippen LogP contribution in [-0.4, -0.2) is 47.4 Å². The predicted octanol–water partition coefficient (Wildman–Crippen LogP) is 17.1. The van der Waals surface area contributed by atoms with Gasteiger partial charge in [0.25, 0.3) is 0 Å². The third-order valence-corrected chi connectivity index (χ3v) is 13.0. The van der Waals surface area contributed by atoms with Gasteiger partial charge in [-0.1, -0.05) is 256 Å². The van der Waals surface area contributed by atoms with Crippen LogP contribution in [0.2, 0.25) is 0 Å². The molecule has 0 aromatic heterocycles. The van der Waals surface area contributed by atoms with Crippen molar-refractivity contribution in [1.29, 1.82) is 0 Å². The molecule has 0 aliphatic carbocycles. The van der Waals surface area contributed by atoms with Crippen LogP contribution in [-0.2, 0) is 14.3 Å². The van der Waals surface area contributed by atoms with Gasteiger partial charge in [-0.3, -0.25) is 9.59 Å². The summed E-state index contributed by atoms with van der Waals surface area (Å²) in [5, 5.41) is 23.0. The topological polar surface area (TPSA) is 95.9 Å². The number of carbonyl (C=O) groups is 2. The Morgan fingerprint density at radius 1 is 0.429 bits per heavy atom. The van der Waals surface area contributed by atoms with Gasteiger partial charge in [0.1, 0.15) is 0 Å². The van der Waals surface area contributed by atoms with Gasteiger partial charge in [0.15, 0.2) is 0 Å². The van der Waals surface area contributed by atoms with Crippen LogP contribution < -0.4 is 5.32 Å². The summed E-state index contributed by atoms with van der Waals surface area (Å²) in [6, 6.07) is -0.632. The Balaban J connectivity index is 3.43. The zero-order valence-corrected chi connectivity index (χ0v) is 42.3. The molecule has 63 heavy (non-hydrogen) atoms. The number of amides is 1. The first-order chi connectivity index (χ1) is 31.0. The van der Waals surface area contributed by atoms with Crippen LogP contribution in [0.5, 0.6) is 0 Å². The number of aliphatic hydroxyl groups is 2. The highest BCUT2D eigenvalue weighted by atomic mass is 16.5. The number of hydrogen-bond donors (Lipinski definition) is 3. The van der Waals surface area contributed by atoms with Crippen molar-refractivity contribution in [3.63, 3.8) is 0 Å². The number of esters is 1. The van der Waals surface area contributed by atoms with Gasteiger partial charge in [-0.05, 0) is 57.8 Å². The zero-order chi connectivity index (χ0) is 45.8. The van der Waals surface area contributed by atoms with Gasteiger partial charge in [-0.15, -0.1) is 0 Å². The summed E-state index contributed by atoms with van der Waals surface area (Å²) in [6.07, 6.45) is 63.3. The van der Waals surface area contributed by atoms with E-state index in [2.05, 4.69) is 31.3 Å². The third-order valence-electron chi connectivity index (χ3n) is 13.0. The fraction of sp³-hybridized carbons (Fsp3) is 0.895. The molecule has 0 heterocycles. The van der Waals surface area contributed by atoms with E-state index in [0.29, 0.717) is 19.4 Å². The van der Waals surface area contributed by atoms with E-state index in [-0.39, 0.29) is 18.5 Å². The lowest BCUT2D eigenvalue weighted by molar-refractivity contribution is -0.143. The van der Waals surface area contributed by atoms with Crippen molar-refractivity contribution in [3.8, 4) is 0 Å². The van der Waals surface area contributed by atoms with Crippen molar-refractivity contribution in [1.82, 2.24) is 5.32 Å². The van der Waals surface area contributed by atoms with Crippen LogP contribution in [0.25, 0.3) is 0 Å². The van der Waals surface area contributed by atoms with E-state index >= 15 is 0 Å². The van der Waals surface area contributed by atoms with Gasteiger partial charge in [0, 0.05) is 12.8 Å². The molecule has 0 fully saturated rings. The summed E-state index contributed by atoms with van der Waals surface area (Å²) in [6.45, 7) is 4.89. The summed E-state index contributed by atoms with van der Waals surface area (Å²) in [5.41, 5.74) is 0. The van der Waals surface area contributed by atoms with E-state index in [1.165, 1.54) is 231 Å². The molecule has 1 amide bonds. The second kappa shape index (κ2) is 53.0. The second-order valence-corrected chi connectivity index (χ2v) is 19.3. The summed E-state index contributed by atoms with van der Waals surface area (Å²) in [4.78, 5) is 24.5. The molecule has 0 saturated carbocycles. The van der Waals surface area contributed by atoms with Gasteiger partial charge < -0.3 is 20.3 Å². The molecule has 0 aromatic rings. The van der Waals surface area contributed by atoms with Crippen LogP contribution in [0.15, 0.2) is 24.3 Å². The number of aliphatic hydroxyl groups excluding tert-OH is 2. The molecule has 0 rings (SSSR count). The first-order valence-corrected chi connectivity index (χ1v) is 28.1. The van der Waals surface area contributed by atoms with E-state index in [9.17, 15) is 19.8 Å². The molecule has 0 aromatic carbocycles. The summed E-state index contributed by atoms with van der Waals surface area (Å²) in [7, 11) is 0. The molecule has 372 valence electrons. The Bertz CT molecular complexity index is 982. The van der Waals surface area contributed by atoms with Crippen molar-refractivity contribution >= 4 is 11.9 Å².